The molecule has 0 spiro atoms. The maximum absolute atomic E-state index is 12.6. The Hall–Kier alpha value is -3.32. The van der Waals surface area contributed by atoms with Gasteiger partial charge in [0.05, 0.1) is 6.10 Å². The van der Waals surface area contributed by atoms with Crippen LogP contribution in [0, 0.1) is 0 Å². The Labute approximate surface area is 163 Å². The molecule has 0 aliphatic rings. The van der Waals surface area contributed by atoms with Crippen LogP contribution in [0.4, 0.5) is 0 Å². The van der Waals surface area contributed by atoms with E-state index in [1.165, 1.54) is 0 Å². The van der Waals surface area contributed by atoms with Crippen LogP contribution in [0.1, 0.15) is 29.8 Å². The molecule has 146 valence electrons. The van der Waals surface area contributed by atoms with Crippen molar-refractivity contribution in [3.05, 3.63) is 65.9 Å². The fourth-order valence-electron chi connectivity index (χ4n) is 3.03. The van der Waals surface area contributed by atoms with E-state index in [0.717, 1.165) is 16.5 Å². The molecule has 7 heteroatoms. The number of nitrogens with two attached hydrogens (primary N) is 1. The number of nitrogens with one attached hydrogen (secondary N) is 3. The third kappa shape index (κ3) is 4.50. The van der Waals surface area contributed by atoms with Gasteiger partial charge in [-0.15, -0.1) is 0 Å². The van der Waals surface area contributed by atoms with E-state index < -0.39 is 11.9 Å². The topological polar surface area (TPSA) is 109 Å². The van der Waals surface area contributed by atoms with Crippen LogP contribution < -0.4 is 21.3 Å². The number of hydrogen-bond acceptors (Lipinski definition) is 4. The Bertz CT molecular complexity index is 963. The van der Waals surface area contributed by atoms with Crippen molar-refractivity contribution in [1.29, 1.82) is 0 Å². The predicted molar refractivity (Wildman–Crippen MR) is 108 cm³/mol. The molecule has 28 heavy (non-hydrogen) atoms. The van der Waals surface area contributed by atoms with Gasteiger partial charge in [0, 0.05) is 29.1 Å². The summed E-state index contributed by atoms with van der Waals surface area (Å²) in [6.45, 7) is 3.86. The molecule has 0 radical (unpaired) electrons. The van der Waals surface area contributed by atoms with Crippen LogP contribution in [0.2, 0.25) is 0 Å². The van der Waals surface area contributed by atoms with E-state index in [9.17, 15) is 9.59 Å². The lowest BCUT2D eigenvalue weighted by Crippen LogP contribution is -2.50. The molecule has 0 saturated heterocycles. The van der Waals surface area contributed by atoms with Gasteiger partial charge < -0.3 is 15.0 Å². The normalized spacial score (nSPS) is 12.0. The largest absolute Gasteiger partial charge is 0.491 e. The van der Waals surface area contributed by atoms with Crippen LogP contribution in [-0.2, 0) is 11.2 Å². The lowest BCUT2D eigenvalue weighted by Gasteiger charge is -2.17. The molecule has 3 rings (SSSR count). The third-order valence-corrected chi connectivity index (χ3v) is 4.35. The highest BCUT2D eigenvalue weighted by Crippen LogP contribution is 2.19. The molecule has 1 heterocycles. The maximum Gasteiger partial charge on any atom is 0.256 e. The molecule has 0 bridgehead atoms. The number of H-pyrrole nitrogens is 1. The predicted octanol–water partition coefficient (Wildman–Crippen LogP) is 2.29. The minimum atomic E-state index is -0.803. The van der Waals surface area contributed by atoms with Crippen molar-refractivity contribution >= 4 is 22.7 Å². The summed E-state index contributed by atoms with van der Waals surface area (Å²) in [6, 6.07) is 13.8. The molecule has 2 aromatic carbocycles. The van der Waals surface area contributed by atoms with E-state index in [0.29, 0.717) is 17.7 Å². The van der Waals surface area contributed by atoms with E-state index in [4.69, 9.17) is 10.6 Å². The Kier molecular flexibility index (Phi) is 5.96. The molecule has 0 fully saturated rings. The zero-order valence-electron chi connectivity index (χ0n) is 15.9. The van der Waals surface area contributed by atoms with E-state index in [2.05, 4.69) is 15.7 Å². The van der Waals surface area contributed by atoms with Crippen molar-refractivity contribution in [3.63, 3.8) is 0 Å². The van der Waals surface area contributed by atoms with Gasteiger partial charge in [-0.05, 0) is 49.7 Å². The van der Waals surface area contributed by atoms with Gasteiger partial charge in [0.1, 0.15) is 11.8 Å². The number of carbonyl (C=O) groups is 2. The van der Waals surface area contributed by atoms with Gasteiger partial charge in [-0.2, -0.15) is 0 Å². The van der Waals surface area contributed by atoms with Crippen LogP contribution in [0.15, 0.2) is 54.7 Å². The maximum atomic E-state index is 12.6. The third-order valence-electron chi connectivity index (χ3n) is 4.35. The summed E-state index contributed by atoms with van der Waals surface area (Å²) in [4.78, 5) is 28.0. The number of amides is 2. The van der Waals surface area contributed by atoms with Crippen molar-refractivity contribution in [2.45, 2.75) is 32.4 Å². The molecule has 0 aliphatic carbocycles. The minimum Gasteiger partial charge on any atom is -0.491 e. The smallest absolute Gasteiger partial charge is 0.256 e. The van der Waals surface area contributed by atoms with Gasteiger partial charge in [0.2, 0.25) is 0 Å². The quantitative estimate of drug-likeness (QED) is 0.286. The lowest BCUT2D eigenvalue weighted by atomic mass is 10.0. The summed E-state index contributed by atoms with van der Waals surface area (Å²) in [5.74, 6) is 5.19. The minimum absolute atomic E-state index is 0.0495. The number of aromatic amines is 1. The van der Waals surface area contributed by atoms with Gasteiger partial charge in [-0.3, -0.25) is 15.0 Å². The van der Waals surface area contributed by atoms with Crippen molar-refractivity contribution in [2.24, 2.45) is 5.84 Å². The second-order valence-corrected chi connectivity index (χ2v) is 6.79. The molecular formula is C21H24N4O3. The first-order valence-corrected chi connectivity index (χ1v) is 9.11. The van der Waals surface area contributed by atoms with Crippen molar-refractivity contribution in [2.75, 3.05) is 0 Å². The first kappa shape index (κ1) is 19.4. The van der Waals surface area contributed by atoms with E-state index >= 15 is 0 Å². The number of carbonyl (C=O) groups excluding carboxylic acids is 2. The molecule has 1 aromatic heterocycles. The van der Waals surface area contributed by atoms with Crippen molar-refractivity contribution in [3.8, 4) is 5.75 Å². The van der Waals surface area contributed by atoms with Crippen LogP contribution in [0.3, 0.4) is 0 Å². The van der Waals surface area contributed by atoms with Gasteiger partial charge in [-0.1, -0.05) is 18.2 Å². The highest BCUT2D eigenvalue weighted by Gasteiger charge is 2.22. The highest BCUT2D eigenvalue weighted by molar-refractivity contribution is 5.98. The zero-order valence-corrected chi connectivity index (χ0v) is 15.9. The van der Waals surface area contributed by atoms with E-state index in [1.807, 2.05) is 44.3 Å². The van der Waals surface area contributed by atoms with Crippen LogP contribution in [0.5, 0.6) is 5.75 Å². The number of ether oxygens (including phenoxy) is 1. The summed E-state index contributed by atoms with van der Waals surface area (Å²) in [6.07, 6.45) is 2.20. The van der Waals surface area contributed by atoms with Gasteiger partial charge in [0.25, 0.3) is 11.8 Å². The fraction of sp³-hybridized carbons (Fsp3) is 0.238. The average Bonchev–Trinajstić information content (AvgIpc) is 3.10. The van der Waals surface area contributed by atoms with Crippen LogP contribution in [0.25, 0.3) is 10.9 Å². The van der Waals surface area contributed by atoms with Crippen molar-refractivity contribution in [1.82, 2.24) is 15.7 Å². The Morgan fingerprint density at radius 2 is 1.82 bits per heavy atom. The Balaban J connectivity index is 1.75. The number of hydrazine groups is 1. The standard InChI is InChI=1S/C21H24N4O3/c1-13(2)28-16-9-7-14(8-10-16)20(26)24-19(21(27)25-22)11-15-12-23-18-6-4-3-5-17(15)18/h3-10,12-13,19,23H,11,22H2,1-2H3,(H,24,26)(H,25,27)/t19-/m1/s1. The van der Waals surface area contributed by atoms with Crippen LogP contribution in [-0.4, -0.2) is 28.9 Å². The second-order valence-electron chi connectivity index (χ2n) is 6.79. The summed E-state index contributed by atoms with van der Waals surface area (Å²) < 4.78 is 5.58. The molecule has 0 saturated carbocycles. The van der Waals surface area contributed by atoms with Gasteiger partial charge in [-0.25, -0.2) is 5.84 Å². The number of aromatic nitrogens is 1. The lowest BCUT2D eigenvalue weighted by molar-refractivity contribution is -0.123. The molecule has 0 aliphatic heterocycles. The van der Waals surface area contributed by atoms with Crippen molar-refractivity contribution < 1.29 is 14.3 Å². The van der Waals surface area contributed by atoms with Gasteiger partial charge >= 0.3 is 0 Å². The Morgan fingerprint density at radius 3 is 2.50 bits per heavy atom. The monoisotopic (exact) mass is 380 g/mol. The number of fused-ring (bicyclic) bond motifs is 1. The van der Waals surface area contributed by atoms with Gasteiger partial charge in [0.15, 0.2) is 0 Å². The first-order valence-electron chi connectivity index (χ1n) is 9.11. The molecule has 3 aromatic rings. The number of para-hydroxylation sites is 1. The fourth-order valence-corrected chi connectivity index (χ4v) is 3.03. The first-order chi connectivity index (χ1) is 13.5. The molecule has 7 nitrogen and oxygen atoms in total. The highest BCUT2D eigenvalue weighted by atomic mass is 16.5. The number of hydrogen-bond donors (Lipinski definition) is 4. The summed E-state index contributed by atoms with van der Waals surface area (Å²) in [5.41, 5.74) is 4.45. The molecule has 5 N–H and O–H groups in total. The van der Waals surface area contributed by atoms with E-state index in [1.54, 1.807) is 24.3 Å². The average molecular weight is 380 g/mol. The molecule has 1 atom stereocenters. The SMILES string of the molecule is CC(C)Oc1ccc(C(=O)N[C@H](Cc2c[nH]c3ccccc23)C(=O)NN)cc1. The molecule has 0 unspecified atom stereocenters. The second kappa shape index (κ2) is 8.58. The zero-order chi connectivity index (χ0) is 20.1. The van der Waals surface area contributed by atoms with Crippen LogP contribution >= 0.6 is 0 Å². The molecular weight excluding hydrogens is 356 g/mol. The summed E-state index contributed by atoms with van der Waals surface area (Å²) >= 11 is 0. The Morgan fingerprint density at radius 1 is 1.11 bits per heavy atom. The molecule has 2 amide bonds. The summed E-state index contributed by atoms with van der Waals surface area (Å²) in [7, 11) is 0. The van der Waals surface area contributed by atoms with E-state index in [-0.39, 0.29) is 12.0 Å². The number of benzene rings is 2. The number of rotatable bonds is 7. The summed E-state index contributed by atoms with van der Waals surface area (Å²) in [5, 5.41) is 3.76.